The van der Waals surface area contributed by atoms with Crippen LogP contribution in [-0.4, -0.2) is 34.0 Å². The fourth-order valence-corrected chi connectivity index (χ4v) is 3.31. The fraction of sp³-hybridized carbons (Fsp3) is 0.400. The molecule has 0 radical (unpaired) electrons. The number of carbonyl (C=O) groups excluding carboxylic acids is 1. The van der Waals surface area contributed by atoms with Crippen molar-refractivity contribution in [3.63, 3.8) is 0 Å². The van der Waals surface area contributed by atoms with Crippen molar-refractivity contribution in [2.75, 3.05) is 13.2 Å². The predicted octanol–water partition coefficient (Wildman–Crippen LogP) is 2.52. The minimum absolute atomic E-state index is 0.0316. The third kappa shape index (κ3) is 4.20. The summed E-state index contributed by atoms with van der Waals surface area (Å²) in [6.45, 7) is 0.799. The van der Waals surface area contributed by atoms with Crippen LogP contribution in [0.15, 0.2) is 42.7 Å². The minimum Gasteiger partial charge on any atom is -0.395 e. The quantitative estimate of drug-likeness (QED) is 0.888. The summed E-state index contributed by atoms with van der Waals surface area (Å²) in [5, 5.41) is 9.28. The topological polar surface area (TPSA) is 53.4 Å². The molecular weight excluding hydrogens is 300 g/mol. The number of hydrogen-bond donors (Lipinski definition) is 1. The van der Waals surface area contributed by atoms with E-state index < -0.39 is 0 Å². The number of rotatable bonds is 6. The number of carbonyl (C=O) groups is 1. The van der Waals surface area contributed by atoms with Gasteiger partial charge in [-0.05, 0) is 54.0 Å². The molecule has 1 heterocycles. The number of aromatic nitrogens is 1. The Kier molecular flexibility index (Phi) is 5.59. The third-order valence-corrected chi connectivity index (χ3v) is 4.59. The predicted molar refractivity (Wildman–Crippen MR) is 93.5 cm³/mol. The first kappa shape index (κ1) is 16.7. The number of benzene rings is 1. The van der Waals surface area contributed by atoms with Crippen LogP contribution in [0.4, 0.5) is 0 Å². The fourth-order valence-electron chi connectivity index (χ4n) is 3.31. The molecule has 3 rings (SSSR count). The van der Waals surface area contributed by atoms with E-state index in [9.17, 15) is 9.90 Å². The molecule has 0 spiro atoms. The third-order valence-electron chi connectivity index (χ3n) is 4.59. The van der Waals surface area contributed by atoms with Crippen LogP contribution in [0.3, 0.4) is 0 Å². The molecule has 0 bridgehead atoms. The highest BCUT2D eigenvalue weighted by Crippen LogP contribution is 2.22. The first-order chi connectivity index (χ1) is 11.8. The lowest BCUT2D eigenvalue weighted by molar-refractivity contribution is -0.131. The molecule has 4 heteroatoms. The molecule has 0 atom stereocenters. The van der Waals surface area contributed by atoms with E-state index in [1.54, 1.807) is 17.3 Å². The maximum Gasteiger partial charge on any atom is 0.227 e. The van der Waals surface area contributed by atoms with Crippen LogP contribution in [0.5, 0.6) is 0 Å². The molecule has 0 saturated carbocycles. The summed E-state index contributed by atoms with van der Waals surface area (Å²) in [5.41, 5.74) is 4.87. The molecule has 2 aromatic rings. The number of amides is 1. The van der Waals surface area contributed by atoms with Gasteiger partial charge in [-0.3, -0.25) is 9.78 Å². The molecule has 24 heavy (non-hydrogen) atoms. The summed E-state index contributed by atoms with van der Waals surface area (Å²) in [5.74, 6) is 0.0451. The molecule has 0 fully saturated rings. The van der Waals surface area contributed by atoms with E-state index in [4.69, 9.17) is 0 Å². The zero-order valence-corrected chi connectivity index (χ0v) is 13.9. The highest BCUT2D eigenvalue weighted by molar-refractivity contribution is 5.78. The second-order valence-electron chi connectivity index (χ2n) is 6.39. The van der Waals surface area contributed by atoms with Gasteiger partial charge in [-0.2, -0.15) is 0 Å². The lowest BCUT2D eigenvalue weighted by Crippen LogP contribution is -2.34. The average molecular weight is 324 g/mol. The van der Waals surface area contributed by atoms with Crippen LogP contribution in [0.2, 0.25) is 0 Å². The minimum atomic E-state index is -0.0316. The van der Waals surface area contributed by atoms with Gasteiger partial charge in [0.25, 0.3) is 0 Å². The number of aliphatic hydroxyl groups is 1. The molecule has 1 aliphatic rings. The summed E-state index contributed by atoms with van der Waals surface area (Å²) in [6.07, 6.45) is 8.64. The largest absolute Gasteiger partial charge is 0.395 e. The number of aliphatic hydroxyl groups excluding tert-OH is 1. The molecule has 126 valence electrons. The summed E-state index contributed by atoms with van der Waals surface area (Å²) in [6, 6.07) is 10.2. The van der Waals surface area contributed by atoms with E-state index in [0.29, 0.717) is 19.5 Å². The normalized spacial score (nSPS) is 13.4. The summed E-state index contributed by atoms with van der Waals surface area (Å²) in [7, 11) is 0. The molecule has 0 aliphatic heterocycles. The van der Waals surface area contributed by atoms with E-state index in [1.807, 2.05) is 12.1 Å². The zero-order valence-electron chi connectivity index (χ0n) is 13.9. The van der Waals surface area contributed by atoms with E-state index in [2.05, 4.69) is 23.2 Å². The number of fused-ring (bicyclic) bond motifs is 1. The van der Waals surface area contributed by atoms with E-state index in [-0.39, 0.29) is 12.5 Å². The van der Waals surface area contributed by atoms with Crippen molar-refractivity contribution in [3.8, 4) is 0 Å². The lowest BCUT2D eigenvalue weighted by atomic mass is 9.90. The highest BCUT2D eigenvalue weighted by Gasteiger charge is 2.16. The Labute approximate surface area is 143 Å². The van der Waals surface area contributed by atoms with Crippen molar-refractivity contribution >= 4 is 5.91 Å². The smallest absolute Gasteiger partial charge is 0.227 e. The van der Waals surface area contributed by atoms with Gasteiger partial charge < -0.3 is 10.0 Å². The zero-order chi connectivity index (χ0) is 16.8. The molecule has 1 aliphatic carbocycles. The van der Waals surface area contributed by atoms with E-state index in [1.165, 1.54) is 24.0 Å². The van der Waals surface area contributed by atoms with Gasteiger partial charge in [0.05, 0.1) is 13.0 Å². The summed E-state index contributed by atoms with van der Waals surface area (Å²) >= 11 is 0. The second kappa shape index (κ2) is 8.06. The Balaban J connectivity index is 1.69. The first-order valence-electron chi connectivity index (χ1n) is 8.64. The molecular formula is C20H24N2O2. The van der Waals surface area contributed by atoms with Crippen LogP contribution < -0.4 is 0 Å². The van der Waals surface area contributed by atoms with Gasteiger partial charge in [0.1, 0.15) is 0 Å². The molecule has 0 saturated heterocycles. The van der Waals surface area contributed by atoms with Crippen molar-refractivity contribution in [2.45, 2.75) is 38.6 Å². The standard InChI is InChI=1S/C20H24N2O2/c23-11-10-22(15-17-4-3-9-21-14-17)20(24)13-16-7-8-18-5-1-2-6-19(18)12-16/h3-4,7-9,12,14,23H,1-2,5-6,10-11,13,15H2. The van der Waals surface area contributed by atoms with Gasteiger partial charge in [0.15, 0.2) is 0 Å². The van der Waals surface area contributed by atoms with Crippen LogP contribution in [0, 0.1) is 0 Å². The van der Waals surface area contributed by atoms with Crippen molar-refractivity contribution < 1.29 is 9.90 Å². The molecule has 4 nitrogen and oxygen atoms in total. The van der Waals surface area contributed by atoms with Crippen LogP contribution in [0.1, 0.15) is 35.1 Å². The molecule has 0 unspecified atom stereocenters. The van der Waals surface area contributed by atoms with Crippen molar-refractivity contribution in [1.29, 1.82) is 0 Å². The highest BCUT2D eigenvalue weighted by atomic mass is 16.3. The average Bonchev–Trinajstić information content (AvgIpc) is 2.62. The van der Waals surface area contributed by atoms with Crippen molar-refractivity contribution in [3.05, 3.63) is 65.0 Å². The molecule has 1 amide bonds. The van der Waals surface area contributed by atoms with E-state index >= 15 is 0 Å². The van der Waals surface area contributed by atoms with Gasteiger partial charge in [0, 0.05) is 25.5 Å². The maximum absolute atomic E-state index is 12.7. The Hall–Kier alpha value is -2.20. The van der Waals surface area contributed by atoms with Crippen LogP contribution >= 0.6 is 0 Å². The molecule has 1 N–H and O–H groups in total. The Bertz CT molecular complexity index is 685. The Morgan fingerprint density at radius 3 is 2.71 bits per heavy atom. The first-order valence-corrected chi connectivity index (χ1v) is 8.64. The van der Waals surface area contributed by atoms with Gasteiger partial charge in [0.2, 0.25) is 5.91 Å². The SMILES string of the molecule is O=C(Cc1ccc2c(c1)CCCC2)N(CCO)Cc1cccnc1. The maximum atomic E-state index is 12.7. The second-order valence-corrected chi connectivity index (χ2v) is 6.39. The number of hydrogen-bond acceptors (Lipinski definition) is 3. The van der Waals surface area contributed by atoms with Crippen LogP contribution in [-0.2, 0) is 30.6 Å². The van der Waals surface area contributed by atoms with E-state index in [0.717, 1.165) is 24.0 Å². The van der Waals surface area contributed by atoms with Crippen LogP contribution in [0.25, 0.3) is 0 Å². The number of aryl methyl sites for hydroxylation is 2. The molecule has 1 aromatic carbocycles. The lowest BCUT2D eigenvalue weighted by Gasteiger charge is -2.22. The van der Waals surface area contributed by atoms with Crippen molar-refractivity contribution in [1.82, 2.24) is 9.88 Å². The number of nitrogens with zero attached hydrogens (tertiary/aromatic N) is 2. The monoisotopic (exact) mass is 324 g/mol. The molecule has 1 aromatic heterocycles. The Morgan fingerprint density at radius 1 is 1.12 bits per heavy atom. The van der Waals surface area contributed by atoms with Gasteiger partial charge in [-0.15, -0.1) is 0 Å². The number of pyridine rings is 1. The van der Waals surface area contributed by atoms with Gasteiger partial charge >= 0.3 is 0 Å². The van der Waals surface area contributed by atoms with Gasteiger partial charge in [-0.25, -0.2) is 0 Å². The Morgan fingerprint density at radius 2 is 1.96 bits per heavy atom. The van der Waals surface area contributed by atoms with Gasteiger partial charge in [-0.1, -0.05) is 24.3 Å². The van der Waals surface area contributed by atoms with Crippen molar-refractivity contribution in [2.24, 2.45) is 0 Å². The summed E-state index contributed by atoms with van der Waals surface area (Å²) < 4.78 is 0. The summed E-state index contributed by atoms with van der Waals surface area (Å²) in [4.78, 5) is 18.5.